The van der Waals surface area contributed by atoms with E-state index < -0.39 is 0 Å². The van der Waals surface area contributed by atoms with Crippen LogP contribution in [0.5, 0.6) is 11.5 Å². The Morgan fingerprint density at radius 3 is 2.51 bits per heavy atom. The third kappa shape index (κ3) is 4.68. The van der Waals surface area contributed by atoms with Crippen molar-refractivity contribution in [3.05, 3.63) is 94.5 Å². The van der Waals surface area contributed by atoms with E-state index in [1.54, 1.807) is 23.1 Å². The fraction of sp³-hybridized carbons (Fsp3) is 0.233. The van der Waals surface area contributed by atoms with E-state index in [1.165, 1.54) is 34.7 Å². The molecule has 2 atom stereocenters. The van der Waals surface area contributed by atoms with Gasteiger partial charge in [-0.3, -0.25) is 0 Å². The molecule has 0 unspecified atom stereocenters. The average molecular weight is 545 g/mol. The van der Waals surface area contributed by atoms with Crippen LogP contribution in [0.4, 0.5) is 0 Å². The van der Waals surface area contributed by atoms with Crippen LogP contribution in [0.1, 0.15) is 41.6 Å². The molecule has 4 aromatic carbocycles. The number of nitrogens with one attached hydrogen (secondary N) is 1. The first kappa shape index (κ1) is 23.4. The van der Waals surface area contributed by atoms with Crippen molar-refractivity contribution in [1.82, 2.24) is 10.3 Å². The van der Waals surface area contributed by atoms with Crippen LogP contribution < -0.4 is 14.8 Å². The highest BCUT2D eigenvalue weighted by Gasteiger charge is 2.37. The molecule has 7 rings (SSSR count). The molecular weight excluding hydrogens is 520 g/mol. The first-order valence-electron chi connectivity index (χ1n) is 12.6. The molecule has 0 aliphatic carbocycles. The van der Waals surface area contributed by atoms with E-state index >= 15 is 0 Å². The maximum absolute atomic E-state index is 6.39. The van der Waals surface area contributed by atoms with Crippen LogP contribution >= 0.6 is 34.7 Å². The second-order valence-corrected chi connectivity index (χ2v) is 12.3. The van der Waals surface area contributed by atoms with Crippen LogP contribution in [0.3, 0.4) is 0 Å². The number of thioether (sulfide) groups is 1. The number of halogens is 1. The molecule has 5 aromatic rings. The highest BCUT2D eigenvalue weighted by molar-refractivity contribution is 8.01. The molecule has 0 amide bonds. The minimum atomic E-state index is 0.431. The Hall–Kier alpha value is -2.77. The standard InChI is InChI=1S/C30H25ClN2O2S2/c31-21-7-10-29-26(14-21)33-30(37-29)36-12-11-34-27-15-22-23(25-9-8-24(22)32-25)16-28(27)35-17-18-5-6-19-3-1-2-4-20(19)13-18/h1-7,10,13-16,24-25,32H,8-9,11-12,17H2/t24-,25+/m1/s1. The van der Waals surface area contributed by atoms with Crippen molar-refractivity contribution < 1.29 is 9.47 Å². The summed E-state index contributed by atoms with van der Waals surface area (Å²) in [7, 11) is 0. The first-order chi connectivity index (χ1) is 18.2. The van der Waals surface area contributed by atoms with E-state index in [0.717, 1.165) is 37.4 Å². The van der Waals surface area contributed by atoms with Crippen molar-refractivity contribution in [2.45, 2.75) is 35.9 Å². The normalized spacial score (nSPS) is 18.0. The highest BCUT2D eigenvalue weighted by atomic mass is 35.5. The van der Waals surface area contributed by atoms with E-state index in [2.05, 4.69) is 59.9 Å². The predicted octanol–water partition coefficient (Wildman–Crippen LogP) is 8.33. The van der Waals surface area contributed by atoms with Crippen molar-refractivity contribution >= 4 is 55.7 Å². The molecule has 0 saturated carbocycles. The van der Waals surface area contributed by atoms with Gasteiger partial charge in [0.25, 0.3) is 0 Å². The summed E-state index contributed by atoms with van der Waals surface area (Å²) < 4.78 is 14.9. The minimum Gasteiger partial charge on any atom is -0.489 e. The number of aromatic nitrogens is 1. The van der Waals surface area contributed by atoms with Gasteiger partial charge < -0.3 is 14.8 Å². The van der Waals surface area contributed by atoms with E-state index in [-0.39, 0.29) is 0 Å². The van der Waals surface area contributed by atoms with Crippen LogP contribution in [-0.4, -0.2) is 17.3 Å². The summed E-state index contributed by atoms with van der Waals surface area (Å²) in [6.07, 6.45) is 2.37. The first-order valence-corrected chi connectivity index (χ1v) is 14.7. The number of hydrogen-bond acceptors (Lipinski definition) is 6. The maximum atomic E-state index is 6.39. The van der Waals surface area contributed by atoms with Crippen LogP contribution in [0.25, 0.3) is 21.0 Å². The van der Waals surface area contributed by atoms with Crippen molar-refractivity contribution in [3.8, 4) is 11.5 Å². The Bertz CT molecular complexity index is 1620. The second kappa shape index (κ2) is 9.84. The summed E-state index contributed by atoms with van der Waals surface area (Å²) in [4.78, 5) is 4.70. The molecule has 2 aliphatic rings. The van der Waals surface area contributed by atoms with Crippen LogP contribution in [0.15, 0.2) is 77.1 Å². The van der Waals surface area contributed by atoms with Crippen molar-refractivity contribution in [3.63, 3.8) is 0 Å². The Labute approximate surface area is 229 Å². The number of benzene rings is 4. The smallest absolute Gasteiger partial charge is 0.162 e. The van der Waals surface area contributed by atoms with Crippen molar-refractivity contribution in [2.75, 3.05) is 12.4 Å². The third-order valence-electron chi connectivity index (χ3n) is 7.15. The van der Waals surface area contributed by atoms with Gasteiger partial charge in [0.2, 0.25) is 0 Å². The fourth-order valence-electron chi connectivity index (χ4n) is 5.37. The molecule has 1 fully saturated rings. The molecule has 1 N–H and O–H groups in total. The average Bonchev–Trinajstić information content (AvgIpc) is 3.64. The molecular formula is C30H25ClN2O2S2. The van der Waals surface area contributed by atoms with Crippen LogP contribution in [-0.2, 0) is 6.61 Å². The molecule has 2 bridgehead atoms. The minimum absolute atomic E-state index is 0.431. The number of fused-ring (bicyclic) bond motifs is 7. The summed E-state index contributed by atoms with van der Waals surface area (Å²) in [5, 5.41) is 6.90. The number of ether oxygens (including phenoxy) is 2. The lowest BCUT2D eigenvalue weighted by Crippen LogP contribution is -2.06. The largest absolute Gasteiger partial charge is 0.489 e. The molecule has 0 radical (unpaired) electrons. The second-order valence-electron chi connectivity index (χ2n) is 9.54. The van der Waals surface area contributed by atoms with Gasteiger partial charge in [0.05, 0.1) is 16.8 Å². The highest BCUT2D eigenvalue weighted by Crippen LogP contribution is 2.48. The molecule has 1 saturated heterocycles. The summed E-state index contributed by atoms with van der Waals surface area (Å²) in [5.74, 6) is 2.45. The molecule has 3 heterocycles. The molecule has 37 heavy (non-hydrogen) atoms. The Morgan fingerprint density at radius 1 is 0.892 bits per heavy atom. The van der Waals surface area contributed by atoms with Gasteiger partial charge in [-0.1, -0.05) is 59.8 Å². The quantitative estimate of drug-likeness (QED) is 0.157. The van der Waals surface area contributed by atoms with E-state index in [4.69, 9.17) is 26.1 Å². The van der Waals surface area contributed by atoms with Gasteiger partial charge in [-0.25, -0.2) is 4.98 Å². The number of nitrogens with zero attached hydrogens (tertiary/aromatic N) is 1. The van der Waals surface area contributed by atoms with Gasteiger partial charge in [0.1, 0.15) is 6.61 Å². The van der Waals surface area contributed by atoms with Crippen LogP contribution in [0.2, 0.25) is 5.02 Å². The Kier molecular flexibility index (Phi) is 6.21. The molecule has 7 heteroatoms. The van der Waals surface area contributed by atoms with E-state index in [1.807, 2.05) is 18.2 Å². The number of hydrogen-bond donors (Lipinski definition) is 1. The van der Waals surface area contributed by atoms with Crippen molar-refractivity contribution in [1.29, 1.82) is 0 Å². The van der Waals surface area contributed by atoms with Gasteiger partial charge in [-0.05, 0) is 76.7 Å². The topological polar surface area (TPSA) is 43.4 Å². The maximum Gasteiger partial charge on any atom is 0.162 e. The summed E-state index contributed by atoms with van der Waals surface area (Å²) in [6, 6.07) is 26.0. The Balaban J connectivity index is 1.07. The van der Waals surface area contributed by atoms with Crippen LogP contribution in [0, 0.1) is 0 Å². The number of thiazole rings is 1. The zero-order chi connectivity index (χ0) is 24.8. The Morgan fingerprint density at radius 2 is 1.68 bits per heavy atom. The summed E-state index contributed by atoms with van der Waals surface area (Å²) >= 11 is 9.52. The van der Waals surface area contributed by atoms with E-state index in [9.17, 15) is 0 Å². The lowest BCUT2D eigenvalue weighted by molar-refractivity contribution is 0.270. The van der Waals surface area contributed by atoms with E-state index in [0.29, 0.717) is 30.3 Å². The zero-order valence-electron chi connectivity index (χ0n) is 20.1. The SMILES string of the molecule is Clc1ccc2sc(SCCOc3cc4c(cc3OCc3ccc5ccccc5c3)[C@@H]3CC[C@H]4N3)nc2c1. The van der Waals surface area contributed by atoms with Gasteiger partial charge in [-0.15, -0.1) is 11.3 Å². The van der Waals surface area contributed by atoms with Gasteiger partial charge in [-0.2, -0.15) is 0 Å². The molecule has 2 aliphatic heterocycles. The molecule has 1 aromatic heterocycles. The zero-order valence-corrected chi connectivity index (χ0v) is 22.5. The van der Waals surface area contributed by atoms with Gasteiger partial charge in [0, 0.05) is 22.9 Å². The molecule has 186 valence electrons. The lowest BCUT2D eigenvalue weighted by Gasteiger charge is -2.19. The number of rotatable bonds is 8. The molecule has 0 spiro atoms. The summed E-state index contributed by atoms with van der Waals surface area (Å²) in [6.45, 7) is 1.08. The predicted molar refractivity (Wildman–Crippen MR) is 153 cm³/mol. The fourth-order valence-corrected chi connectivity index (χ4v) is 7.47. The monoisotopic (exact) mass is 544 g/mol. The van der Waals surface area contributed by atoms with Gasteiger partial charge in [0.15, 0.2) is 15.8 Å². The third-order valence-corrected chi connectivity index (χ3v) is 9.53. The summed E-state index contributed by atoms with van der Waals surface area (Å²) in [5.41, 5.74) is 4.82. The van der Waals surface area contributed by atoms with Crippen molar-refractivity contribution in [2.24, 2.45) is 0 Å². The lowest BCUT2D eigenvalue weighted by atomic mass is 9.91. The van der Waals surface area contributed by atoms with Gasteiger partial charge >= 0.3 is 0 Å². The molecule has 4 nitrogen and oxygen atoms in total.